The molecule has 192 valence electrons. The molecule has 0 saturated carbocycles. The summed E-state index contributed by atoms with van der Waals surface area (Å²) in [6.07, 6.45) is -0.783. The maximum Gasteiger partial charge on any atom is 0.268 e. The van der Waals surface area contributed by atoms with E-state index in [0.29, 0.717) is 22.8 Å². The van der Waals surface area contributed by atoms with Gasteiger partial charge >= 0.3 is 0 Å². The average Bonchev–Trinajstić information content (AvgIpc) is 2.87. The van der Waals surface area contributed by atoms with Gasteiger partial charge in [-0.25, -0.2) is 12.7 Å². The smallest absolute Gasteiger partial charge is 0.268 e. The van der Waals surface area contributed by atoms with Gasteiger partial charge in [-0.05, 0) is 61.5 Å². The van der Waals surface area contributed by atoms with E-state index in [-0.39, 0.29) is 22.9 Å². The summed E-state index contributed by atoms with van der Waals surface area (Å²) in [5.74, 6) is -0.854. The van der Waals surface area contributed by atoms with E-state index in [1.54, 1.807) is 49.4 Å². The van der Waals surface area contributed by atoms with E-state index >= 15 is 0 Å². The number of rotatable bonds is 7. The molecule has 0 radical (unpaired) electrons. The second-order valence-electron chi connectivity index (χ2n) is 8.55. The van der Waals surface area contributed by atoms with E-state index in [1.807, 2.05) is 6.07 Å². The van der Waals surface area contributed by atoms with E-state index in [1.165, 1.54) is 43.3 Å². The number of benzene rings is 3. The molecule has 1 aliphatic heterocycles. The molecule has 1 heterocycles. The van der Waals surface area contributed by atoms with Crippen molar-refractivity contribution < 1.29 is 27.5 Å². The molecule has 3 amide bonds. The van der Waals surface area contributed by atoms with Crippen molar-refractivity contribution in [2.24, 2.45) is 0 Å². The Balaban J connectivity index is 1.53. The number of amides is 3. The topological polar surface area (TPSA) is 125 Å². The Morgan fingerprint density at radius 3 is 2.27 bits per heavy atom. The van der Waals surface area contributed by atoms with Gasteiger partial charge in [0.1, 0.15) is 12.3 Å². The van der Waals surface area contributed by atoms with E-state index in [9.17, 15) is 22.8 Å². The number of nitrogens with one attached hydrogen (secondary N) is 2. The maximum atomic E-state index is 12.9. The monoisotopic (exact) mass is 522 g/mol. The average molecular weight is 523 g/mol. The SMILES string of the molecule is CC1Oc2ccc(NC(=O)c3ccc(S(=O)(=O)N(C)C)cc3)cc2N(CC(=O)Nc2ccccc2)C1=O. The predicted octanol–water partition coefficient (Wildman–Crippen LogP) is 2.94. The minimum absolute atomic E-state index is 0.0667. The highest BCUT2D eigenvalue weighted by Gasteiger charge is 2.33. The number of hydrogen-bond acceptors (Lipinski definition) is 6. The molecule has 0 fully saturated rings. The minimum atomic E-state index is -3.62. The van der Waals surface area contributed by atoms with Gasteiger partial charge in [0.05, 0.1) is 10.6 Å². The lowest BCUT2D eigenvalue weighted by molar-refractivity contribution is -0.127. The Morgan fingerprint density at radius 1 is 0.946 bits per heavy atom. The molecule has 2 N–H and O–H groups in total. The second-order valence-corrected chi connectivity index (χ2v) is 10.7. The Bertz CT molecular complexity index is 1440. The molecule has 0 saturated heterocycles. The third-order valence-corrected chi connectivity index (χ3v) is 7.51. The summed E-state index contributed by atoms with van der Waals surface area (Å²) in [4.78, 5) is 39.7. The Hall–Kier alpha value is -4.22. The quantitative estimate of drug-likeness (QED) is 0.492. The summed E-state index contributed by atoms with van der Waals surface area (Å²) in [7, 11) is -0.764. The molecule has 10 nitrogen and oxygen atoms in total. The number of fused-ring (bicyclic) bond motifs is 1. The van der Waals surface area contributed by atoms with Gasteiger partial charge in [-0.2, -0.15) is 0 Å². The minimum Gasteiger partial charge on any atom is -0.479 e. The molecule has 1 aliphatic rings. The van der Waals surface area contributed by atoms with Crippen LogP contribution in [0.5, 0.6) is 5.75 Å². The number of sulfonamides is 1. The number of hydrogen-bond donors (Lipinski definition) is 2. The van der Waals surface area contributed by atoms with Crippen molar-refractivity contribution in [1.29, 1.82) is 0 Å². The van der Waals surface area contributed by atoms with Crippen molar-refractivity contribution in [3.05, 3.63) is 78.4 Å². The van der Waals surface area contributed by atoms with Crippen LogP contribution >= 0.6 is 0 Å². The van der Waals surface area contributed by atoms with E-state index in [0.717, 1.165) is 4.31 Å². The van der Waals surface area contributed by atoms with Crippen LogP contribution in [-0.4, -0.2) is 57.2 Å². The number of para-hydroxylation sites is 1. The zero-order valence-corrected chi connectivity index (χ0v) is 21.3. The molecule has 1 atom stereocenters. The standard InChI is InChI=1S/C26H26N4O6S/c1-17-26(33)30(16-24(31)27-19-7-5-4-6-8-19)22-15-20(11-14-23(22)36-17)28-25(32)18-9-12-21(13-10-18)37(34,35)29(2)3/h4-15,17H,16H2,1-3H3,(H,27,31)(H,28,32). The van der Waals surface area contributed by atoms with Gasteiger partial charge in [0.25, 0.3) is 11.8 Å². The fourth-order valence-corrected chi connectivity index (χ4v) is 4.61. The van der Waals surface area contributed by atoms with Crippen molar-refractivity contribution in [2.45, 2.75) is 17.9 Å². The Kier molecular flexibility index (Phi) is 7.28. The molecule has 3 aromatic rings. The van der Waals surface area contributed by atoms with Crippen LogP contribution in [0.15, 0.2) is 77.7 Å². The lowest BCUT2D eigenvalue weighted by Gasteiger charge is -2.33. The summed E-state index contributed by atoms with van der Waals surface area (Å²) < 4.78 is 31.3. The van der Waals surface area contributed by atoms with Gasteiger partial charge in [-0.3, -0.25) is 19.3 Å². The summed E-state index contributed by atoms with van der Waals surface area (Å²) in [5.41, 5.74) is 1.56. The zero-order valence-electron chi connectivity index (χ0n) is 20.5. The number of anilines is 3. The molecule has 4 rings (SSSR count). The van der Waals surface area contributed by atoms with Crippen molar-refractivity contribution in [3.63, 3.8) is 0 Å². The van der Waals surface area contributed by atoms with Crippen LogP contribution in [0.4, 0.5) is 17.1 Å². The van der Waals surface area contributed by atoms with Crippen LogP contribution in [0.3, 0.4) is 0 Å². The van der Waals surface area contributed by atoms with Crippen LogP contribution in [0, 0.1) is 0 Å². The first kappa shape index (κ1) is 25.9. The lowest BCUT2D eigenvalue weighted by Crippen LogP contribution is -2.47. The summed E-state index contributed by atoms with van der Waals surface area (Å²) in [5, 5.41) is 5.49. The third kappa shape index (κ3) is 5.63. The summed E-state index contributed by atoms with van der Waals surface area (Å²) in [6.45, 7) is 1.36. The van der Waals surface area contributed by atoms with Gasteiger partial charge in [0, 0.05) is 31.0 Å². The largest absolute Gasteiger partial charge is 0.479 e. The third-order valence-electron chi connectivity index (χ3n) is 5.68. The van der Waals surface area contributed by atoms with Crippen molar-refractivity contribution in [3.8, 4) is 5.75 Å². The lowest BCUT2D eigenvalue weighted by atomic mass is 10.1. The van der Waals surface area contributed by atoms with E-state index < -0.39 is 27.9 Å². The molecular weight excluding hydrogens is 496 g/mol. The number of carbonyl (C=O) groups excluding carboxylic acids is 3. The zero-order chi connectivity index (χ0) is 26.7. The van der Waals surface area contributed by atoms with Gasteiger partial charge in [0.2, 0.25) is 15.9 Å². The molecule has 11 heteroatoms. The van der Waals surface area contributed by atoms with Crippen LogP contribution in [0.1, 0.15) is 17.3 Å². The molecule has 0 aliphatic carbocycles. The van der Waals surface area contributed by atoms with Crippen molar-refractivity contribution in [1.82, 2.24) is 4.31 Å². The highest BCUT2D eigenvalue weighted by Crippen LogP contribution is 2.36. The van der Waals surface area contributed by atoms with Gasteiger partial charge in [0.15, 0.2) is 6.10 Å². The fourth-order valence-electron chi connectivity index (χ4n) is 3.71. The molecule has 0 spiro atoms. The number of carbonyl (C=O) groups is 3. The van der Waals surface area contributed by atoms with E-state index in [4.69, 9.17) is 4.74 Å². The second kappa shape index (κ2) is 10.4. The number of ether oxygens (including phenoxy) is 1. The first-order chi connectivity index (χ1) is 17.6. The molecule has 1 unspecified atom stereocenters. The maximum absolute atomic E-state index is 12.9. The number of nitrogens with zero attached hydrogens (tertiary/aromatic N) is 2. The Morgan fingerprint density at radius 2 is 1.62 bits per heavy atom. The molecule has 0 bridgehead atoms. The first-order valence-corrected chi connectivity index (χ1v) is 12.8. The highest BCUT2D eigenvalue weighted by atomic mass is 32.2. The molecule has 3 aromatic carbocycles. The van der Waals surface area contributed by atoms with E-state index in [2.05, 4.69) is 10.6 Å². The van der Waals surface area contributed by atoms with Crippen molar-refractivity contribution >= 4 is 44.8 Å². The van der Waals surface area contributed by atoms with Crippen molar-refractivity contribution in [2.75, 3.05) is 36.2 Å². The van der Waals surface area contributed by atoms with Gasteiger partial charge in [-0.15, -0.1) is 0 Å². The molecular formula is C26H26N4O6S. The highest BCUT2D eigenvalue weighted by molar-refractivity contribution is 7.89. The summed E-state index contributed by atoms with van der Waals surface area (Å²) >= 11 is 0. The van der Waals surface area contributed by atoms with Crippen LogP contribution in [-0.2, 0) is 19.6 Å². The van der Waals surface area contributed by atoms with Crippen LogP contribution in [0.2, 0.25) is 0 Å². The van der Waals surface area contributed by atoms with Crippen LogP contribution < -0.4 is 20.3 Å². The molecule has 37 heavy (non-hydrogen) atoms. The van der Waals surface area contributed by atoms with Gasteiger partial charge in [-0.1, -0.05) is 18.2 Å². The normalized spacial score (nSPS) is 15.1. The first-order valence-electron chi connectivity index (χ1n) is 11.4. The summed E-state index contributed by atoms with van der Waals surface area (Å²) in [6, 6.07) is 19.2. The Labute approximate surface area is 214 Å². The molecule has 0 aromatic heterocycles. The fraction of sp³-hybridized carbons (Fsp3) is 0.192. The predicted molar refractivity (Wildman–Crippen MR) is 139 cm³/mol. The van der Waals surface area contributed by atoms with Crippen LogP contribution in [0.25, 0.3) is 0 Å². The van der Waals surface area contributed by atoms with Gasteiger partial charge < -0.3 is 15.4 Å².